The quantitative estimate of drug-likeness (QED) is 0.834. The molecule has 1 aromatic rings. The van der Waals surface area contributed by atoms with Crippen molar-refractivity contribution in [2.24, 2.45) is 0 Å². The van der Waals surface area contributed by atoms with Crippen molar-refractivity contribution in [3.8, 4) is 0 Å². The second kappa shape index (κ2) is 6.87. The van der Waals surface area contributed by atoms with Gasteiger partial charge in [0.25, 0.3) is 0 Å². The van der Waals surface area contributed by atoms with Gasteiger partial charge in [0.2, 0.25) is 0 Å². The molecule has 1 aliphatic heterocycles. The summed E-state index contributed by atoms with van der Waals surface area (Å²) >= 11 is 0. The van der Waals surface area contributed by atoms with Gasteiger partial charge in [-0.3, -0.25) is 4.90 Å². The Hall–Kier alpha value is -0.910. The molecule has 0 spiro atoms. The Balaban J connectivity index is 1.92. The van der Waals surface area contributed by atoms with Crippen LogP contribution in [-0.4, -0.2) is 41.5 Å². The summed E-state index contributed by atoms with van der Waals surface area (Å²) in [5.41, 5.74) is 0.951. The van der Waals surface area contributed by atoms with E-state index in [1.807, 2.05) is 6.07 Å². The highest BCUT2D eigenvalue weighted by Gasteiger charge is 2.22. The molecule has 5 nitrogen and oxygen atoms in total. The monoisotopic (exact) mass is 254 g/mol. The molecule has 5 heteroatoms. The number of rotatable bonds is 6. The van der Waals surface area contributed by atoms with Crippen LogP contribution in [0.4, 0.5) is 0 Å². The van der Waals surface area contributed by atoms with Crippen LogP contribution < -0.4 is 0 Å². The normalized spacial score (nSPS) is 21.3. The molecule has 102 valence electrons. The van der Waals surface area contributed by atoms with Crippen LogP contribution in [0, 0.1) is 0 Å². The van der Waals surface area contributed by atoms with Gasteiger partial charge >= 0.3 is 0 Å². The molecule has 0 radical (unpaired) electrons. The highest BCUT2D eigenvalue weighted by Crippen LogP contribution is 2.21. The fourth-order valence-corrected chi connectivity index (χ4v) is 2.59. The molecule has 18 heavy (non-hydrogen) atoms. The molecule has 2 rings (SSSR count). The zero-order chi connectivity index (χ0) is 12.8. The van der Waals surface area contributed by atoms with Gasteiger partial charge < -0.3 is 14.4 Å². The van der Waals surface area contributed by atoms with E-state index in [1.54, 1.807) is 7.11 Å². The summed E-state index contributed by atoms with van der Waals surface area (Å²) in [6.45, 7) is 2.61. The molecule has 0 aliphatic carbocycles. The molecule has 1 atom stereocenters. The third-order valence-electron chi connectivity index (χ3n) is 3.47. The van der Waals surface area contributed by atoms with Crippen LogP contribution >= 0.6 is 0 Å². The highest BCUT2D eigenvalue weighted by molar-refractivity contribution is 5.05. The van der Waals surface area contributed by atoms with E-state index in [0.29, 0.717) is 12.6 Å². The van der Waals surface area contributed by atoms with Crippen molar-refractivity contribution in [3.05, 3.63) is 17.5 Å². The molecule has 2 heterocycles. The summed E-state index contributed by atoms with van der Waals surface area (Å²) in [6, 6.07) is 2.43. The third-order valence-corrected chi connectivity index (χ3v) is 3.47. The first-order valence-electron chi connectivity index (χ1n) is 6.62. The third kappa shape index (κ3) is 3.54. The lowest BCUT2D eigenvalue weighted by Gasteiger charge is -2.34. The molecule has 0 saturated carbocycles. The number of piperidine rings is 1. The molecule has 1 saturated heterocycles. The smallest absolute Gasteiger partial charge is 0.162 e. The van der Waals surface area contributed by atoms with Crippen molar-refractivity contribution in [1.82, 2.24) is 10.1 Å². The Bertz CT molecular complexity index is 352. The van der Waals surface area contributed by atoms with E-state index in [1.165, 1.54) is 19.3 Å². The van der Waals surface area contributed by atoms with Gasteiger partial charge in [-0.2, -0.15) is 0 Å². The van der Waals surface area contributed by atoms with Crippen LogP contribution in [0.3, 0.4) is 0 Å². The predicted octanol–water partition coefficient (Wildman–Crippen LogP) is 1.56. The number of hydrogen-bond donors (Lipinski definition) is 1. The molecule has 1 N–H and O–H groups in total. The van der Waals surface area contributed by atoms with Gasteiger partial charge in [0.1, 0.15) is 6.61 Å². The van der Waals surface area contributed by atoms with Gasteiger partial charge in [-0.1, -0.05) is 11.6 Å². The summed E-state index contributed by atoms with van der Waals surface area (Å²) < 4.78 is 10.2. The van der Waals surface area contributed by atoms with E-state index < -0.39 is 0 Å². The molecule has 1 aliphatic rings. The Morgan fingerprint density at radius 2 is 2.44 bits per heavy atom. The topological polar surface area (TPSA) is 58.7 Å². The molecular weight excluding hydrogens is 232 g/mol. The largest absolute Gasteiger partial charge is 0.396 e. The molecular formula is C13H22N2O3. The van der Waals surface area contributed by atoms with Crippen LogP contribution in [0.2, 0.25) is 0 Å². The second-order valence-corrected chi connectivity index (χ2v) is 4.85. The van der Waals surface area contributed by atoms with Gasteiger partial charge in [0.05, 0.1) is 5.69 Å². The van der Waals surface area contributed by atoms with E-state index >= 15 is 0 Å². The second-order valence-electron chi connectivity index (χ2n) is 4.85. The Morgan fingerprint density at radius 1 is 1.56 bits per heavy atom. The average molecular weight is 254 g/mol. The van der Waals surface area contributed by atoms with Crippen molar-refractivity contribution in [3.63, 3.8) is 0 Å². The highest BCUT2D eigenvalue weighted by atomic mass is 16.5. The van der Waals surface area contributed by atoms with Gasteiger partial charge in [0, 0.05) is 32.4 Å². The standard InChI is InChI=1S/C13H22N2O3/c1-17-10-13-8-11(14-18-13)9-15-6-3-2-4-12(15)5-7-16/h8,12,16H,2-7,9-10H2,1H3. The minimum absolute atomic E-state index is 0.259. The van der Waals surface area contributed by atoms with Crippen molar-refractivity contribution in [2.75, 3.05) is 20.3 Å². The Labute approximate surface area is 108 Å². The Morgan fingerprint density at radius 3 is 3.22 bits per heavy atom. The maximum Gasteiger partial charge on any atom is 0.162 e. The zero-order valence-electron chi connectivity index (χ0n) is 11.0. The Kier molecular flexibility index (Phi) is 5.16. The lowest BCUT2D eigenvalue weighted by Crippen LogP contribution is -2.39. The van der Waals surface area contributed by atoms with Crippen LogP contribution in [0.5, 0.6) is 0 Å². The van der Waals surface area contributed by atoms with Gasteiger partial charge in [-0.25, -0.2) is 0 Å². The summed E-state index contributed by atoms with van der Waals surface area (Å²) in [5, 5.41) is 13.2. The molecule has 0 aromatic carbocycles. The number of methoxy groups -OCH3 is 1. The van der Waals surface area contributed by atoms with E-state index in [0.717, 1.165) is 31.0 Å². The van der Waals surface area contributed by atoms with E-state index in [-0.39, 0.29) is 6.61 Å². The van der Waals surface area contributed by atoms with Crippen molar-refractivity contribution < 1.29 is 14.4 Å². The molecule has 1 aromatic heterocycles. The number of aliphatic hydroxyl groups is 1. The minimum atomic E-state index is 0.259. The molecule has 1 unspecified atom stereocenters. The number of nitrogens with zero attached hydrogens (tertiary/aromatic N) is 2. The van der Waals surface area contributed by atoms with E-state index in [2.05, 4.69) is 10.1 Å². The van der Waals surface area contributed by atoms with Crippen LogP contribution in [-0.2, 0) is 17.9 Å². The summed E-state index contributed by atoms with van der Waals surface area (Å²) in [6.07, 6.45) is 4.51. The first-order valence-corrected chi connectivity index (χ1v) is 6.62. The van der Waals surface area contributed by atoms with Crippen LogP contribution in [0.15, 0.2) is 10.6 Å². The molecule has 0 bridgehead atoms. The maximum absolute atomic E-state index is 9.10. The van der Waals surface area contributed by atoms with Crippen molar-refractivity contribution in [2.45, 2.75) is 44.9 Å². The van der Waals surface area contributed by atoms with E-state index in [9.17, 15) is 0 Å². The number of hydrogen-bond acceptors (Lipinski definition) is 5. The zero-order valence-corrected chi connectivity index (χ0v) is 11.0. The number of aromatic nitrogens is 1. The van der Waals surface area contributed by atoms with Crippen LogP contribution in [0.1, 0.15) is 37.1 Å². The SMILES string of the molecule is COCc1cc(CN2CCCCC2CCO)no1. The first-order chi connectivity index (χ1) is 8.83. The summed E-state index contributed by atoms with van der Waals surface area (Å²) in [4.78, 5) is 2.40. The number of ether oxygens (including phenoxy) is 1. The van der Waals surface area contributed by atoms with Gasteiger partial charge in [-0.05, 0) is 25.8 Å². The average Bonchev–Trinajstić information content (AvgIpc) is 2.80. The molecule has 0 amide bonds. The number of likely N-dealkylation sites (tertiary alicyclic amines) is 1. The maximum atomic E-state index is 9.10. The fourth-order valence-electron chi connectivity index (χ4n) is 2.59. The lowest BCUT2D eigenvalue weighted by atomic mass is 9.99. The first kappa shape index (κ1) is 13.5. The van der Waals surface area contributed by atoms with Crippen molar-refractivity contribution in [1.29, 1.82) is 0 Å². The predicted molar refractivity (Wildman–Crippen MR) is 67.0 cm³/mol. The minimum Gasteiger partial charge on any atom is -0.396 e. The summed E-state index contributed by atoms with van der Waals surface area (Å²) in [7, 11) is 1.64. The van der Waals surface area contributed by atoms with Crippen molar-refractivity contribution >= 4 is 0 Å². The van der Waals surface area contributed by atoms with E-state index in [4.69, 9.17) is 14.4 Å². The summed E-state index contributed by atoms with van der Waals surface area (Å²) in [5.74, 6) is 0.767. The fraction of sp³-hybridized carbons (Fsp3) is 0.769. The van der Waals surface area contributed by atoms with Gasteiger partial charge in [-0.15, -0.1) is 0 Å². The van der Waals surface area contributed by atoms with Crippen LogP contribution in [0.25, 0.3) is 0 Å². The van der Waals surface area contributed by atoms with Gasteiger partial charge in [0.15, 0.2) is 5.76 Å². The number of aliphatic hydroxyl groups excluding tert-OH is 1. The molecule has 1 fully saturated rings. The lowest BCUT2D eigenvalue weighted by molar-refractivity contribution is 0.109.